The zero-order valence-corrected chi connectivity index (χ0v) is 19.4. The average molecular weight is 428 g/mol. The van der Waals surface area contributed by atoms with Crippen LogP contribution in [0.25, 0.3) is 0 Å². The molecule has 0 radical (unpaired) electrons. The smallest absolute Gasteiger partial charge is 0.161 e. The molecule has 0 saturated carbocycles. The molecule has 0 bridgehead atoms. The summed E-state index contributed by atoms with van der Waals surface area (Å²) < 4.78 is 23.1. The second-order valence-corrected chi connectivity index (χ2v) is 7.04. The second kappa shape index (κ2) is 12.5. The summed E-state index contributed by atoms with van der Waals surface area (Å²) in [5.74, 6) is 3.09. The number of rotatable bonds is 12. The molecule has 31 heavy (non-hydrogen) atoms. The van der Waals surface area contributed by atoms with E-state index in [1.165, 1.54) is 7.11 Å². The zero-order valence-electron chi connectivity index (χ0n) is 19.4. The lowest BCUT2D eigenvalue weighted by atomic mass is 10.1. The van der Waals surface area contributed by atoms with Crippen molar-refractivity contribution in [1.82, 2.24) is 0 Å². The van der Waals surface area contributed by atoms with Crippen LogP contribution >= 0.6 is 0 Å². The third-order valence-corrected chi connectivity index (χ3v) is 4.62. The Bertz CT molecular complexity index is 882. The van der Waals surface area contributed by atoms with Crippen LogP contribution in [0.3, 0.4) is 0 Å². The van der Waals surface area contributed by atoms with E-state index in [-0.39, 0.29) is 0 Å². The van der Waals surface area contributed by atoms with E-state index in [1.54, 1.807) is 7.11 Å². The monoisotopic (exact) mass is 427 g/mol. The van der Waals surface area contributed by atoms with Crippen molar-refractivity contribution in [3.63, 3.8) is 0 Å². The Kier molecular flexibility index (Phi) is 9.75. The molecule has 0 unspecified atom stereocenters. The molecule has 0 spiro atoms. The number of hydrogen-bond donors (Lipinski definition) is 0. The van der Waals surface area contributed by atoms with Crippen molar-refractivity contribution in [3.8, 4) is 23.0 Å². The van der Waals surface area contributed by atoms with E-state index in [4.69, 9.17) is 23.8 Å². The van der Waals surface area contributed by atoms with Crippen LogP contribution < -0.4 is 18.9 Å². The minimum absolute atomic E-state index is 0.517. The summed E-state index contributed by atoms with van der Waals surface area (Å²) in [5, 5.41) is 3.95. The van der Waals surface area contributed by atoms with Crippen molar-refractivity contribution >= 4 is 5.71 Å². The van der Waals surface area contributed by atoms with Gasteiger partial charge < -0.3 is 23.8 Å². The Morgan fingerprint density at radius 2 is 1.65 bits per heavy atom. The predicted molar refractivity (Wildman–Crippen MR) is 124 cm³/mol. The highest BCUT2D eigenvalue weighted by atomic mass is 16.6. The van der Waals surface area contributed by atoms with Crippen molar-refractivity contribution in [2.24, 2.45) is 5.16 Å². The van der Waals surface area contributed by atoms with Gasteiger partial charge in [-0.2, -0.15) is 0 Å². The zero-order chi connectivity index (χ0) is 22.6. The van der Waals surface area contributed by atoms with Gasteiger partial charge in [-0.05, 0) is 69.2 Å². The fraction of sp³-hybridized carbons (Fsp3) is 0.400. The Hall–Kier alpha value is -3.15. The van der Waals surface area contributed by atoms with Gasteiger partial charge in [-0.3, -0.25) is 0 Å². The van der Waals surface area contributed by atoms with E-state index in [1.807, 2.05) is 70.2 Å². The summed E-state index contributed by atoms with van der Waals surface area (Å²) in [5.41, 5.74) is 3.80. The maximum atomic E-state index is 6.01. The van der Waals surface area contributed by atoms with Crippen molar-refractivity contribution in [3.05, 3.63) is 59.2 Å². The highest BCUT2D eigenvalue weighted by molar-refractivity contribution is 5.98. The molecule has 2 aromatic carbocycles. The van der Waals surface area contributed by atoms with E-state index < -0.39 is 0 Å². The van der Waals surface area contributed by atoms with Crippen LogP contribution in [-0.4, -0.2) is 39.8 Å². The molecule has 6 nitrogen and oxygen atoms in total. The van der Waals surface area contributed by atoms with E-state index in [9.17, 15) is 0 Å². The first-order chi connectivity index (χ1) is 15.0. The summed E-state index contributed by atoms with van der Waals surface area (Å²) in [6, 6.07) is 9.70. The van der Waals surface area contributed by atoms with Gasteiger partial charge in [0.15, 0.2) is 11.5 Å². The molecule has 0 atom stereocenters. The maximum Gasteiger partial charge on any atom is 0.161 e. The van der Waals surface area contributed by atoms with Gasteiger partial charge in [0.1, 0.15) is 25.2 Å². The number of benzene rings is 2. The van der Waals surface area contributed by atoms with E-state index >= 15 is 0 Å². The Balaban J connectivity index is 1.87. The molecule has 0 amide bonds. The average Bonchev–Trinajstić information content (AvgIpc) is 2.75. The second-order valence-electron chi connectivity index (χ2n) is 7.04. The lowest BCUT2D eigenvalue weighted by molar-refractivity contribution is 0.213. The summed E-state index contributed by atoms with van der Waals surface area (Å²) >= 11 is 0. The minimum atomic E-state index is 0.517. The number of aryl methyl sites for hydroxylation is 2. The van der Waals surface area contributed by atoms with Crippen LogP contribution in [0.15, 0.2) is 47.6 Å². The highest BCUT2D eigenvalue weighted by Crippen LogP contribution is 2.30. The lowest BCUT2D eigenvalue weighted by Gasteiger charge is -2.15. The summed E-state index contributed by atoms with van der Waals surface area (Å²) in [7, 11) is 3.14. The molecular formula is C25H33NO5. The van der Waals surface area contributed by atoms with Gasteiger partial charge >= 0.3 is 0 Å². The third-order valence-electron chi connectivity index (χ3n) is 4.62. The first-order valence-electron chi connectivity index (χ1n) is 10.4. The molecular weight excluding hydrogens is 394 g/mol. The topological polar surface area (TPSA) is 58.5 Å². The molecule has 0 saturated heterocycles. The molecule has 2 rings (SSSR count). The van der Waals surface area contributed by atoms with Gasteiger partial charge in [0.25, 0.3) is 0 Å². The van der Waals surface area contributed by atoms with Gasteiger partial charge in [-0.15, -0.1) is 0 Å². The molecule has 0 fully saturated rings. The molecule has 0 aliphatic heterocycles. The summed E-state index contributed by atoms with van der Waals surface area (Å²) in [4.78, 5) is 4.83. The Morgan fingerprint density at radius 3 is 2.29 bits per heavy atom. The van der Waals surface area contributed by atoms with Crippen molar-refractivity contribution < 1.29 is 23.8 Å². The van der Waals surface area contributed by atoms with Crippen LogP contribution in [0.4, 0.5) is 0 Å². The van der Waals surface area contributed by atoms with Crippen molar-refractivity contribution in [1.29, 1.82) is 0 Å². The van der Waals surface area contributed by atoms with Crippen LogP contribution in [0.1, 0.15) is 37.0 Å². The van der Waals surface area contributed by atoms with Gasteiger partial charge in [0.2, 0.25) is 0 Å². The first-order valence-corrected chi connectivity index (χ1v) is 10.4. The largest absolute Gasteiger partial charge is 0.493 e. The summed E-state index contributed by atoms with van der Waals surface area (Å²) in [6.07, 6.45) is 4.69. The molecule has 6 heteroatoms. The van der Waals surface area contributed by atoms with Crippen LogP contribution in [0.2, 0.25) is 0 Å². The molecule has 0 aromatic heterocycles. The van der Waals surface area contributed by atoms with Crippen molar-refractivity contribution in [2.75, 3.05) is 34.0 Å². The molecule has 0 aliphatic rings. The predicted octanol–water partition coefficient (Wildman–Crippen LogP) is 5.49. The van der Waals surface area contributed by atoms with E-state index in [2.05, 4.69) is 5.16 Å². The van der Waals surface area contributed by atoms with Gasteiger partial charge in [0.05, 0.1) is 26.0 Å². The SMILES string of the molecule is C/C=C/COc1cc(C)c(OCCCOc2ccc(C(C)=NOC)cc2OC)c(C)c1. The summed E-state index contributed by atoms with van der Waals surface area (Å²) in [6.45, 7) is 9.55. The lowest BCUT2D eigenvalue weighted by Crippen LogP contribution is -2.07. The fourth-order valence-corrected chi connectivity index (χ4v) is 3.08. The first kappa shape index (κ1) is 24.1. The maximum absolute atomic E-state index is 6.01. The van der Waals surface area contributed by atoms with Gasteiger partial charge in [-0.1, -0.05) is 17.3 Å². The number of hydrogen-bond acceptors (Lipinski definition) is 6. The van der Waals surface area contributed by atoms with Crippen LogP contribution in [0, 0.1) is 13.8 Å². The molecule has 0 heterocycles. The number of methoxy groups -OCH3 is 1. The number of allylic oxidation sites excluding steroid dienone is 1. The molecule has 0 aliphatic carbocycles. The van der Waals surface area contributed by atoms with Crippen LogP contribution in [0.5, 0.6) is 23.0 Å². The highest BCUT2D eigenvalue weighted by Gasteiger charge is 2.10. The minimum Gasteiger partial charge on any atom is -0.493 e. The molecule has 2 aromatic rings. The fourth-order valence-electron chi connectivity index (χ4n) is 3.08. The van der Waals surface area contributed by atoms with Gasteiger partial charge in [-0.25, -0.2) is 0 Å². The number of nitrogens with zero attached hydrogens (tertiary/aromatic N) is 1. The number of ether oxygens (including phenoxy) is 4. The normalized spacial score (nSPS) is 11.5. The molecule has 0 N–H and O–H groups in total. The van der Waals surface area contributed by atoms with Crippen molar-refractivity contribution in [2.45, 2.75) is 34.1 Å². The Labute approximate surface area is 185 Å². The van der Waals surface area contributed by atoms with E-state index in [0.29, 0.717) is 31.3 Å². The van der Waals surface area contributed by atoms with Crippen LogP contribution in [-0.2, 0) is 4.84 Å². The Morgan fingerprint density at radius 1 is 0.935 bits per heavy atom. The third kappa shape index (κ3) is 7.24. The standard InChI is InChI=1S/C25H33NO5/c1-7-8-12-29-22-15-18(2)25(19(3)16-22)31-14-9-13-30-23-11-10-21(17-24(23)27-5)20(4)26-28-6/h7-8,10-11,15-17H,9,12-14H2,1-6H3/b8-7+,26-20?. The van der Waals surface area contributed by atoms with Gasteiger partial charge in [0, 0.05) is 12.0 Å². The number of oxime groups is 1. The molecule has 168 valence electrons. The van der Waals surface area contributed by atoms with E-state index in [0.717, 1.165) is 40.3 Å². The quantitative estimate of drug-likeness (QED) is 0.194.